The Labute approximate surface area is 112 Å². The zero-order chi connectivity index (χ0) is 14.2. The second-order valence-corrected chi connectivity index (χ2v) is 5.15. The molecule has 0 spiro atoms. The predicted octanol–water partition coefficient (Wildman–Crippen LogP) is 0.388. The predicted molar refractivity (Wildman–Crippen MR) is 70.8 cm³/mol. The smallest absolute Gasteiger partial charge is 0.255 e. The molecule has 1 aromatic rings. The van der Waals surface area contributed by atoms with Gasteiger partial charge in [-0.15, -0.1) is 0 Å². The molecular weight excluding hydrogens is 244 g/mol. The zero-order valence-electron chi connectivity index (χ0n) is 11.9. The van der Waals surface area contributed by atoms with E-state index in [0.29, 0.717) is 24.9 Å². The number of likely N-dealkylation sites (N-methyl/N-ethyl adjacent to an activating group) is 1. The Morgan fingerprint density at radius 3 is 2.58 bits per heavy atom. The van der Waals surface area contributed by atoms with Crippen LogP contribution in [0.5, 0.6) is 0 Å². The molecule has 2 heterocycles. The molecule has 0 aliphatic carbocycles. The minimum absolute atomic E-state index is 0.0224. The van der Waals surface area contributed by atoms with Crippen molar-refractivity contribution in [2.45, 2.75) is 32.7 Å². The third-order valence-corrected chi connectivity index (χ3v) is 3.70. The number of hydrogen-bond acceptors (Lipinski definition) is 3. The fraction of sp³-hybridized carbons (Fsp3) is 0.615. The number of carbonyl (C=O) groups is 2. The Morgan fingerprint density at radius 2 is 2.05 bits per heavy atom. The third-order valence-electron chi connectivity index (χ3n) is 3.70. The van der Waals surface area contributed by atoms with Crippen molar-refractivity contribution in [2.24, 2.45) is 7.05 Å². The molecular formula is C13H20N4O2. The van der Waals surface area contributed by atoms with Crippen LogP contribution in [0.2, 0.25) is 0 Å². The summed E-state index contributed by atoms with van der Waals surface area (Å²) in [5.41, 5.74) is 2.23. The van der Waals surface area contributed by atoms with Crippen LogP contribution in [0.4, 0.5) is 0 Å². The summed E-state index contributed by atoms with van der Waals surface area (Å²) in [7, 11) is 3.59. The number of piperidine rings is 1. The number of amides is 2. The van der Waals surface area contributed by atoms with Gasteiger partial charge in [0.05, 0.1) is 11.3 Å². The monoisotopic (exact) mass is 264 g/mol. The molecule has 0 unspecified atom stereocenters. The second-order valence-electron chi connectivity index (χ2n) is 5.15. The van der Waals surface area contributed by atoms with E-state index >= 15 is 0 Å². The van der Waals surface area contributed by atoms with Gasteiger partial charge < -0.3 is 10.2 Å². The van der Waals surface area contributed by atoms with Crippen LogP contribution < -0.4 is 5.32 Å². The molecule has 104 valence electrons. The molecule has 0 radical (unpaired) electrons. The van der Waals surface area contributed by atoms with Gasteiger partial charge in [0.15, 0.2) is 0 Å². The molecule has 0 bridgehead atoms. The van der Waals surface area contributed by atoms with Crippen LogP contribution in [0.1, 0.15) is 34.6 Å². The van der Waals surface area contributed by atoms with E-state index in [2.05, 4.69) is 10.4 Å². The Hall–Kier alpha value is -1.85. The highest BCUT2D eigenvalue weighted by molar-refractivity contribution is 5.96. The van der Waals surface area contributed by atoms with E-state index < -0.39 is 0 Å². The number of nitrogens with zero attached hydrogens (tertiary/aromatic N) is 3. The normalized spacial score (nSPS) is 19.7. The summed E-state index contributed by atoms with van der Waals surface area (Å²) in [5, 5.41) is 7.24. The van der Waals surface area contributed by atoms with E-state index in [-0.39, 0.29) is 17.9 Å². The molecule has 2 amide bonds. The summed E-state index contributed by atoms with van der Waals surface area (Å²) in [6.07, 6.45) is 1.19. The summed E-state index contributed by atoms with van der Waals surface area (Å²) < 4.78 is 1.71. The number of likely N-dealkylation sites (tertiary alicyclic amines) is 1. The average Bonchev–Trinajstić information content (AvgIpc) is 2.58. The third kappa shape index (κ3) is 2.62. The number of nitrogens with one attached hydrogen (secondary N) is 1. The molecule has 1 aliphatic heterocycles. The van der Waals surface area contributed by atoms with Gasteiger partial charge in [0.25, 0.3) is 5.91 Å². The highest BCUT2D eigenvalue weighted by atomic mass is 16.2. The van der Waals surface area contributed by atoms with Gasteiger partial charge in [-0.3, -0.25) is 14.3 Å². The number of carbonyl (C=O) groups excluding carboxylic acids is 2. The number of aromatic nitrogens is 2. The van der Waals surface area contributed by atoms with Crippen molar-refractivity contribution >= 4 is 11.8 Å². The number of aryl methyl sites for hydroxylation is 2. The van der Waals surface area contributed by atoms with E-state index in [1.54, 1.807) is 16.6 Å². The van der Waals surface area contributed by atoms with E-state index in [4.69, 9.17) is 0 Å². The van der Waals surface area contributed by atoms with Crippen molar-refractivity contribution in [1.82, 2.24) is 20.0 Å². The fourth-order valence-corrected chi connectivity index (χ4v) is 2.49. The molecule has 1 aromatic heterocycles. The Bertz CT molecular complexity index is 521. The lowest BCUT2D eigenvalue weighted by Gasteiger charge is -2.30. The van der Waals surface area contributed by atoms with Crippen molar-refractivity contribution in [3.63, 3.8) is 0 Å². The molecule has 6 heteroatoms. The zero-order valence-corrected chi connectivity index (χ0v) is 11.9. The molecule has 1 fully saturated rings. The molecule has 2 rings (SSSR count). The maximum absolute atomic E-state index is 12.3. The standard InChI is InChI=1S/C13H20N4O2/c1-8-12(9(2)17(4)15-8)13(19)14-10-5-6-11(18)16(3)7-10/h10H,5-7H2,1-4H3,(H,14,19)/t10-/m1/s1. The van der Waals surface area contributed by atoms with E-state index in [1.807, 2.05) is 20.9 Å². The minimum atomic E-state index is -0.101. The highest BCUT2D eigenvalue weighted by Crippen LogP contribution is 2.14. The average molecular weight is 264 g/mol. The number of hydrogen-bond donors (Lipinski definition) is 1. The fourth-order valence-electron chi connectivity index (χ4n) is 2.49. The first-order chi connectivity index (χ1) is 8.90. The summed E-state index contributed by atoms with van der Waals surface area (Å²) in [4.78, 5) is 25.4. The summed E-state index contributed by atoms with van der Waals surface area (Å²) in [6.45, 7) is 4.28. The Balaban J connectivity index is 2.07. The lowest BCUT2D eigenvalue weighted by atomic mass is 10.0. The van der Waals surface area contributed by atoms with Crippen LogP contribution in [0.15, 0.2) is 0 Å². The van der Waals surface area contributed by atoms with Crippen LogP contribution in [0.25, 0.3) is 0 Å². The lowest BCUT2D eigenvalue weighted by Crippen LogP contribution is -2.48. The van der Waals surface area contributed by atoms with Gasteiger partial charge in [0.2, 0.25) is 5.91 Å². The minimum Gasteiger partial charge on any atom is -0.347 e. The van der Waals surface area contributed by atoms with E-state index in [1.165, 1.54) is 0 Å². The van der Waals surface area contributed by atoms with Crippen molar-refractivity contribution in [2.75, 3.05) is 13.6 Å². The molecule has 1 N–H and O–H groups in total. The first-order valence-corrected chi connectivity index (χ1v) is 6.45. The second kappa shape index (κ2) is 5.03. The molecule has 19 heavy (non-hydrogen) atoms. The lowest BCUT2D eigenvalue weighted by molar-refractivity contribution is -0.132. The Morgan fingerprint density at radius 1 is 1.37 bits per heavy atom. The quantitative estimate of drug-likeness (QED) is 0.840. The molecule has 6 nitrogen and oxygen atoms in total. The molecule has 1 atom stereocenters. The van der Waals surface area contributed by atoms with Gasteiger partial charge in [-0.2, -0.15) is 5.10 Å². The van der Waals surface area contributed by atoms with Crippen molar-refractivity contribution in [3.05, 3.63) is 17.0 Å². The molecule has 1 saturated heterocycles. The number of rotatable bonds is 2. The van der Waals surface area contributed by atoms with Gasteiger partial charge in [0, 0.05) is 38.8 Å². The van der Waals surface area contributed by atoms with Crippen LogP contribution in [0, 0.1) is 13.8 Å². The summed E-state index contributed by atoms with van der Waals surface area (Å²) >= 11 is 0. The highest BCUT2D eigenvalue weighted by Gasteiger charge is 2.26. The van der Waals surface area contributed by atoms with Gasteiger partial charge in [-0.1, -0.05) is 0 Å². The van der Waals surface area contributed by atoms with E-state index in [9.17, 15) is 9.59 Å². The van der Waals surface area contributed by atoms with Crippen molar-refractivity contribution in [1.29, 1.82) is 0 Å². The van der Waals surface area contributed by atoms with Crippen molar-refractivity contribution < 1.29 is 9.59 Å². The van der Waals surface area contributed by atoms with Crippen LogP contribution in [-0.4, -0.2) is 46.1 Å². The summed E-state index contributed by atoms with van der Waals surface area (Å²) in [6, 6.07) is 0.0224. The maximum Gasteiger partial charge on any atom is 0.255 e. The van der Waals surface area contributed by atoms with Gasteiger partial charge >= 0.3 is 0 Å². The summed E-state index contributed by atoms with van der Waals surface area (Å²) in [5.74, 6) is 0.0371. The molecule has 0 aromatic carbocycles. The van der Waals surface area contributed by atoms with Crippen LogP contribution in [0.3, 0.4) is 0 Å². The SMILES string of the molecule is Cc1nn(C)c(C)c1C(=O)N[C@@H]1CCC(=O)N(C)C1. The Kier molecular flexibility index (Phi) is 3.59. The first-order valence-electron chi connectivity index (χ1n) is 6.45. The topological polar surface area (TPSA) is 67.2 Å². The largest absolute Gasteiger partial charge is 0.347 e. The molecule has 1 aliphatic rings. The molecule has 0 saturated carbocycles. The first kappa shape index (κ1) is 13.6. The van der Waals surface area contributed by atoms with Gasteiger partial charge in [-0.25, -0.2) is 0 Å². The van der Waals surface area contributed by atoms with Gasteiger partial charge in [0.1, 0.15) is 0 Å². The van der Waals surface area contributed by atoms with Crippen LogP contribution >= 0.6 is 0 Å². The van der Waals surface area contributed by atoms with E-state index in [0.717, 1.165) is 11.4 Å². The van der Waals surface area contributed by atoms with Crippen molar-refractivity contribution in [3.8, 4) is 0 Å². The van der Waals surface area contributed by atoms with Gasteiger partial charge in [-0.05, 0) is 20.3 Å². The van der Waals surface area contributed by atoms with Crippen LogP contribution in [-0.2, 0) is 11.8 Å². The maximum atomic E-state index is 12.3.